The molecule has 184 valence electrons. The molecular weight excluding hydrogens is 459 g/mol. The fourth-order valence-corrected chi connectivity index (χ4v) is 6.27. The molecule has 0 spiro atoms. The molecule has 3 aliphatic rings. The van der Waals surface area contributed by atoms with Crippen molar-refractivity contribution in [2.24, 2.45) is 4.99 Å². The van der Waals surface area contributed by atoms with Gasteiger partial charge in [0.05, 0.1) is 10.9 Å². The lowest BCUT2D eigenvalue weighted by molar-refractivity contribution is -0.124. The van der Waals surface area contributed by atoms with E-state index in [1.54, 1.807) is 23.9 Å². The van der Waals surface area contributed by atoms with Gasteiger partial charge in [0.1, 0.15) is 18.2 Å². The van der Waals surface area contributed by atoms with Crippen molar-refractivity contribution in [3.63, 3.8) is 0 Å². The largest absolute Gasteiger partial charge is 0.489 e. The molecule has 35 heavy (non-hydrogen) atoms. The highest BCUT2D eigenvalue weighted by Crippen LogP contribution is 2.38. The molecule has 2 aromatic carbocycles. The first-order chi connectivity index (χ1) is 17.2. The summed E-state index contributed by atoms with van der Waals surface area (Å²) in [5.41, 5.74) is 1.88. The van der Waals surface area contributed by atoms with E-state index in [1.165, 1.54) is 50.7 Å². The molecule has 1 heterocycles. The molecule has 0 radical (unpaired) electrons. The number of hydrogen-bond donors (Lipinski definition) is 0. The number of thioether (sulfide) groups is 1. The number of amides is 1. The summed E-state index contributed by atoms with van der Waals surface area (Å²) in [6.07, 6.45) is 13.8. The summed E-state index contributed by atoms with van der Waals surface area (Å²) >= 11 is 1.55. The van der Waals surface area contributed by atoms with Crippen LogP contribution < -0.4 is 4.74 Å². The van der Waals surface area contributed by atoms with Crippen LogP contribution in [0.4, 0.5) is 4.39 Å². The highest BCUT2D eigenvalue weighted by Gasteiger charge is 2.39. The van der Waals surface area contributed by atoms with Crippen LogP contribution in [0.2, 0.25) is 0 Å². The minimum atomic E-state index is -0.250. The Morgan fingerprint density at radius 1 is 0.914 bits per heavy atom. The van der Waals surface area contributed by atoms with Gasteiger partial charge < -0.3 is 4.74 Å². The van der Waals surface area contributed by atoms with Gasteiger partial charge >= 0.3 is 0 Å². The molecule has 2 aliphatic carbocycles. The molecule has 3 fully saturated rings. The van der Waals surface area contributed by atoms with Crippen molar-refractivity contribution < 1.29 is 13.9 Å². The highest BCUT2D eigenvalue weighted by atomic mass is 32.2. The maximum absolute atomic E-state index is 13.5. The fourth-order valence-electron chi connectivity index (χ4n) is 5.16. The van der Waals surface area contributed by atoms with Gasteiger partial charge in [-0.15, -0.1) is 0 Å². The van der Waals surface area contributed by atoms with Crippen LogP contribution in [0.25, 0.3) is 6.08 Å². The molecule has 0 N–H and O–H groups in total. The van der Waals surface area contributed by atoms with E-state index >= 15 is 0 Å². The number of halogens is 1. The Balaban J connectivity index is 1.30. The summed E-state index contributed by atoms with van der Waals surface area (Å²) in [5.74, 6) is 0.595. The van der Waals surface area contributed by atoms with Gasteiger partial charge in [0.25, 0.3) is 5.91 Å². The van der Waals surface area contributed by atoms with Crippen molar-refractivity contribution in [2.45, 2.75) is 82.9 Å². The van der Waals surface area contributed by atoms with Crippen molar-refractivity contribution in [3.8, 4) is 5.75 Å². The molecule has 1 aliphatic heterocycles. The van der Waals surface area contributed by atoms with E-state index in [0.717, 1.165) is 52.6 Å². The van der Waals surface area contributed by atoms with Crippen LogP contribution >= 0.6 is 11.8 Å². The molecule has 0 unspecified atom stereocenters. The average Bonchev–Trinajstić information content (AvgIpc) is 3.19. The van der Waals surface area contributed by atoms with E-state index in [4.69, 9.17) is 9.73 Å². The number of ether oxygens (including phenoxy) is 1. The minimum Gasteiger partial charge on any atom is -0.489 e. The third-order valence-corrected chi connectivity index (χ3v) is 8.14. The predicted octanol–water partition coefficient (Wildman–Crippen LogP) is 7.34. The Bertz CT molecular complexity index is 1070. The number of nitrogens with zero attached hydrogens (tertiary/aromatic N) is 2. The number of rotatable bonds is 6. The summed E-state index contributed by atoms with van der Waals surface area (Å²) in [6, 6.07) is 14.7. The lowest BCUT2D eigenvalue weighted by atomic mass is 9.94. The Labute approximate surface area is 211 Å². The zero-order valence-electron chi connectivity index (χ0n) is 20.1. The average molecular weight is 493 g/mol. The third kappa shape index (κ3) is 6.16. The second-order valence-electron chi connectivity index (χ2n) is 9.77. The Hall–Kier alpha value is -2.60. The Morgan fingerprint density at radius 3 is 2.26 bits per heavy atom. The molecule has 1 amide bonds. The van der Waals surface area contributed by atoms with Crippen LogP contribution in [0.15, 0.2) is 58.4 Å². The Kier molecular flexibility index (Phi) is 7.87. The summed E-state index contributed by atoms with van der Waals surface area (Å²) in [4.78, 5) is 21.4. The van der Waals surface area contributed by atoms with E-state index in [9.17, 15) is 9.18 Å². The van der Waals surface area contributed by atoms with E-state index in [1.807, 2.05) is 35.2 Å². The standard InChI is InChI=1S/C29H33FN2O2S/c30-23-15-11-22(12-16-23)20-34-26-17-13-21(14-18-26)19-27-28(33)32(25-9-5-2-6-10-25)29(35-27)31-24-7-3-1-4-8-24/h11-19,24-25H,1-10,20H2. The van der Waals surface area contributed by atoms with Crippen LogP contribution in [-0.4, -0.2) is 28.1 Å². The number of carbonyl (C=O) groups excluding carboxylic acids is 1. The molecule has 4 nitrogen and oxygen atoms in total. The second-order valence-corrected chi connectivity index (χ2v) is 10.8. The van der Waals surface area contributed by atoms with Gasteiger partial charge in [-0.3, -0.25) is 14.7 Å². The third-order valence-electron chi connectivity index (χ3n) is 7.14. The van der Waals surface area contributed by atoms with Crippen LogP contribution in [0, 0.1) is 5.82 Å². The maximum Gasteiger partial charge on any atom is 0.266 e. The molecule has 0 atom stereocenters. The van der Waals surface area contributed by atoms with Gasteiger partial charge in [0.2, 0.25) is 0 Å². The smallest absolute Gasteiger partial charge is 0.266 e. The summed E-state index contributed by atoms with van der Waals surface area (Å²) in [7, 11) is 0. The van der Waals surface area contributed by atoms with E-state index in [2.05, 4.69) is 0 Å². The topological polar surface area (TPSA) is 41.9 Å². The Morgan fingerprint density at radius 2 is 1.57 bits per heavy atom. The van der Waals surface area contributed by atoms with Crippen LogP contribution in [0.3, 0.4) is 0 Å². The summed E-state index contributed by atoms with van der Waals surface area (Å²) in [5, 5.41) is 0.916. The molecule has 6 heteroatoms. The SMILES string of the molecule is O=C1C(=Cc2ccc(OCc3ccc(F)cc3)cc2)SC(=NC2CCCCC2)N1C1CCCCC1. The van der Waals surface area contributed by atoms with E-state index in [-0.39, 0.29) is 17.8 Å². The van der Waals surface area contributed by atoms with Gasteiger partial charge in [-0.1, -0.05) is 62.8 Å². The molecule has 2 aromatic rings. The summed E-state index contributed by atoms with van der Waals surface area (Å²) in [6.45, 7) is 0.381. The molecule has 0 bridgehead atoms. The zero-order chi connectivity index (χ0) is 24.0. The van der Waals surface area contributed by atoms with Gasteiger partial charge in [0, 0.05) is 6.04 Å². The first-order valence-corrected chi connectivity index (χ1v) is 13.8. The van der Waals surface area contributed by atoms with E-state index in [0.29, 0.717) is 12.6 Å². The first-order valence-electron chi connectivity index (χ1n) is 12.9. The lowest BCUT2D eigenvalue weighted by Gasteiger charge is -2.31. The van der Waals surface area contributed by atoms with Gasteiger partial charge in [-0.25, -0.2) is 4.39 Å². The van der Waals surface area contributed by atoms with Crippen molar-refractivity contribution in [3.05, 3.63) is 70.4 Å². The molecule has 1 saturated heterocycles. The number of carbonyl (C=O) groups is 1. The molecule has 0 aromatic heterocycles. The van der Waals surface area contributed by atoms with Gasteiger partial charge in [0.15, 0.2) is 5.17 Å². The van der Waals surface area contributed by atoms with E-state index < -0.39 is 0 Å². The molecule has 5 rings (SSSR count). The second kappa shape index (κ2) is 11.4. The number of aliphatic imine (C=N–C) groups is 1. The van der Waals surface area contributed by atoms with Crippen molar-refractivity contribution in [1.82, 2.24) is 4.90 Å². The quantitative estimate of drug-likeness (QED) is 0.396. The van der Waals surface area contributed by atoms with Crippen molar-refractivity contribution in [2.75, 3.05) is 0 Å². The van der Waals surface area contributed by atoms with Crippen LogP contribution in [0.1, 0.15) is 75.3 Å². The maximum atomic E-state index is 13.5. The number of benzene rings is 2. The fraction of sp³-hybridized carbons (Fsp3) is 0.448. The van der Waals surface area contributed by atoms with Gasteiger partial charge in [-0.2, -0.15) is 0 Å². The minimum absolute atomic E-state index is 0.105. The van der Waals surface area contributed by atoms with Crippen LogP contribution in [-0.2, 0) is 11.4 Å². The van der Waals surface area contributed by atoms with Crippen LogP contribution in [0.5, 0.6) is 5.75 Å². The highest BCUT2D eigenvalue weighted by molar-refractivity contribution is 8.18. The zero-order valence-corrected chi connectivity index (χ0v) is 20.9. The van der Waals surface area contributed by atoms with Gasteiger partial charge in [-0.05, 0) is 78.9 Å². The van der Waals surface area contributed by atoms with Crippen molar-refractivity contribution >= 4 is 28.9 Å². The molecule has 2 saturated carbocycles. The molecular formula is C29H33FN2O2S. The summed E-state index contributed by atoms with van der Waals surface area (Å²) < 4.78 is 18.9. The number of amidine groups is 1. The first kappa shape index (κ1) is 24.1. The predicted molar refractivity (Wildman–Crippen MR) is 141 cm³/mol. The monoisotopic (exact) mass is 492 g/mol. The van der Waals surface area contributed by atoms with Crippen molar-refractivity contribution in [1.29, 1.82) is 0 Å². The normalized spacial score (nSPS) is 22.3. The lowest BCUT2D eigenvalue weighted by Crippen LogP contribution is -2.41. The number of hydrogen-bond acceptors (Lipinski definition) is 4.